The summed E-state index contributed by atoms with van der Waals surface area (Å²) in [6.45, 7) is 1.94. The van der Waals surface area contributed by atoms with Crippen LogP contribution in [0.3, 0.4) is 0 Å². The first-order valence-corrected chi connectivity index (χ1v) is 9.51. The molecule has 2 aromatic heterocycles. The number of hydrogen-bond acceptors (Lipinski definition) is 5. The first-order chi connectivity index (χ1) is 11.6. The van der Waals surface area contributed by atoms with Crippen molar-refractivity contribution in [2.45, 2.75) is 51.1 Å². The van der Waals surface area contributed by atoms with Crippen molar-refractivity contribution in [1.29, 1.82) is 0 Å². The number of amides is 1. The summed E-state index contributed by atoms with van der Waals surface area (Å²) < 4.78 is 5.39. The predicted octanol–water partition coefficient (Wildman–Crippen LogP) is 3.35. The van der Waals surface area contributed by atoms with E-state index in [0.29, 0.717) is 29.3 Å². The van der Waals surface area contributed by atoms with Gasteiger partial charge in [0.2, 0.25) is 0 Å². The third-order valence-electron chi connectivity index (χ3n) is 5.42. The van der Waals surface area contributed by atoms with Crippen LogP contribution in [0.15, 0.2) is 22.8 Å². The van der Waals surface area contributed by atoms with Gasteiger partial charge >= 0.3 is 0 Å². The highest BCUT2D eigenvalue weighted by molar-refractivity contribution is 7.15. The number of carbonyl (C=O) groups excluding carboxylic acids is 1. The summed E-state index contributed by atoms with van der Waals surface area (Å²) >= 11 is 1.50. The number of nitrogens with two attached hydrogens (primary N) is 1. The van der Waals surface area contributed by atoms with Crippen LogP contribution in [0.25, 0.3) is 10.8 Å². The lowest BCUT2D eigenvalue weighted by Crippen LogP contribution is -2.53. The molecule has 4 rings (SSSR count). The standard InChI is InChI=1S/C18H23N3O2S/c1-10-15(21-18(24-10)14-6-3-7-23-14)17(22)20-16-11-4-2-5-12(16)9-13(19)8-11/h3,6-7,11-13,16H,2,4-5,8-9,19H2,1H3,(H,20,22). The van der Waals surface area contributed by atoms with Crippen molar-refractivity contribution >= 4 is 17.2 Å². The van der Waals surface area contributed by atoms with Crippen LogP contribution in [0, 0.1) is 18.8 Å². The molecule has 1 amide bonds. The van der Waals surface area contributed by atoms with Crippen LogP contribution < -0.4 is 11.1 Å². The van der Waals surface area contributed by atoms with Gasteiger partial charge in [-0.3, -0.25) is 4.79 Å². The summed E-state index contributed by atoms with van der Waals surface area (Å²) in [5.41, 5.74) is 6.70. The Hall–Kier alpha value is -1.66. The van der Waals surface area contributed by atoms with E-state index in [1.807, 2.05) is 19.1 Å². The molecule has 5 nitrogen and oxygen atoms in total. The smallest absolute Gasteiger partial charge is 0.271 e. The molecule has 24 heavy (non-hydrogen) atoms. The highest BCUT2D eigenvalue weighted by Crippen LogP contribution is 2.40. The molecule has 2 saturated carbocycles. The van der Waals surface area contributed by atoms with Gasteiger partial charge in [0.15, 0.2) is 10.8 Å². The molecule has 2 fully saturated rings. The predicted molar refractivity (Wildman–Crippen MR) is 93.8 cm³/mol. The molecule has 0 aromatic carbocycles. The van der Waals surface area contributed by atoms with E-state index in [1.54, 1.807) is 6.26 Å². The maximum absolute atomic E-state index is 12.8. The quantitative estimate of drug-likeness (QED) is 0.894. The highest BCUT2D eigenvalue weighted by atomic mass is 32.1. The summed E-state index contributed by atoms with van der Waals surface area (Å²) in [4.78, 5) is 18.2. The fourth-order valence-electron chi connectivity index (χ4n) is 4.36. The molecule has 2 bridgehead atoms. The zero-order chi connectivity index (χ0) is 16.7. The Morgan fingerprint density at radius 3 is 2.79 bits per heavy atom. The molecular formula is C18H23N3O2S. The zero-order valence-electron chi connectivity index (χ0n) is 13.8. The number of carbonyl (C=O) groups is 1. The van der Waals surface area contributed by atoms with E-state index in [2.05, 4.69) is 10.3 Å². The number of hydrogen-bond donors (Lipinski definition) is 2. The monoisotopic (exact) mass is 345 g/mol. The minimum absolute atomic E-state index is 0.0565. The Balaban J connectivity index is 1.52. The summed E-state index contributed by atoms with van der Waals surface area (Å²) in [5, 5.41) is 4.03. The second kappa shape index (κ2) is 6.33. The number of aryl methyl sites for hydroxylation is 1. The van der Waals surface area contributed by atoms with Crippen molar-refractivity contribution in [2.75, 3.05) is 0 Å². The minimum atomic E-state index is -0.0565. The van der Waals surface area contributed by atoms with Crippen LogP contribution in [0.1, 0.15) is 47.5 Å². The summed E-state index contributed by atoms with van der Waals surface area (Å²) in [7, 11) is 0. The molecule has 0 saturated heterocycles. The lowest BCUT2D eigenvalue weighted by molar-refractivity contribution is 0.0752. The number of furan rings is 1. The average molecular weight is 345 g/mol. The first kappa shape index (κ1) is 15.8. The number of fused-ring (bicyclic) bond motifs is 2. The molecule has 3 N–H and O–H groups in total. The normalized spacial score (nSPS) is 29.4. The maximum Gasteiger partial charge on any atom is 0.271 e. The maximum atomic E-state index is 12.8. The van der Waals surface area contributed by atoms with Crippen molar-refractivity contribution < 1.29 is 9.21 Å². The van der Waals surface area contributed by atoms with Gasteiger partial charge in [0.05, 0.1) is 6.26 Å². The molecule has 0 radical (unpaired) electrons. The summed E-state index contributed by atoms with van der Waals surface area (Å²) in [5.74, 6) is 1.68. The van der Waals surface area contributed by atoms with E-state index < -0.39 is 0 Å². The van der Waals surface area contributed by atoms with Crippen LogP contribution in [-0.2, 0) is 0 Å². The largest absolute Gasteiger partial charge is 0.462 e. The van der Waals surface area contributed by atoms with Crippen molar-refractivity contribution in [3.63, 3.8) is 0 Å². The average Bonchev–Trinajstić information content (AvgIpc) is 3.17. The van der Waals surface area contributed by atoms with Crippen molar-refractivity contribution in [2.24, 2.45) is 17.6 Å². The molecule has 0 spiro atoms. The molecule has 2 heterocycles. The van der Waals surface area contributed by atoms with E-state index in [1.165, 1.54) is 30.6 Å². The minimum Gasteiger partial charge on any atom is -0.462 e. The van der Waals surface area contributed by atoms with Gasteiger partial charge < -0.3 is 15.5 Å². The number of aromatic nitrogens is 1. The molecule has 2 unspecified atom stereocenters. The van der Waals surface area contributed by atoms with Gasteiger partial charge in [0.25, 0.3) is 5.91 Å². The topological polar surface area (TPSA) is 81.2 Å². The Labute approximate surface area is 145 Å². The number of nitrogens with zero attached hydrogens (tertiary/aromatic N) is 1. The molecule has 0 aliphatic heterocycles. The molecule has 2 aliphatic carbocycles. The van der Waals surface area contributed by atoms with Crippen LogP contribution in [0.5, 0.6) is 0 Å². The number of rotatable bonds is 3. The van der Waals surface area contributed by atoms with Gasteiger partial charge in [-0.05, 0) is 56.6 Å². The van der Waals surface area contributed by atoms with Crippen LogP contribution in [-0.4, -0.2) is 23.0 Å². The first-order valence-electron chi connectivity index (χ1n) is 8.69. The van der Waals surface area contributed by atoms with Gasteiger partial charge in [-0.25, -0.2) is 4.98 Å². The van der Waals surface area contributed by atoms with Crippen LogP contribution >= 0.6 is 11.3 Å². The molecule has 6 heteroatoms. The van der Waals surface area contributed by atoms with Gasteiger partial charge in [-0.2, -0.15) is 0 Å². The van der Waals surface area contributed by atoms with E-state index >= 15 is 0 Å². The van der Waals surface area contributed by atoms with Gasteiger partial charge in [-0.15, -0.1) is 11.3 Å². The lowest BCUT2D eigenvalue weighted by atomic mass is 9.67. The second-order valence-corrected chi connectivity index (χ2v) is 8.29. The SMILES string of the molecule is Cc1sc(-c2ccco2)nc1C(=O)NC1C2CCCC1CC(N)C2. The zero-order valence-corrected chi connectivity index (χ0v) is 14.6. The molecule has 2 atom stereocenters. The van der Waals surface area contributed by atoms with E-state index in [4.69, 9.17) is 10.2 Å². The summed E-state index contributed by atoms with van der Waals surface area (Å²) in [6.07, 6.45) is 7.26. The van der Waals surface area contributed by atoms with Gasteiger partial charge in [0, 0.05) is 17.0 Å². The fraction of sp³-hybridized carbons (Fsp3) is 0.556. The van der Waals surface area contributed by atoms with E-state index in [-0.39, 0.29) is 11.9 Å². The molecule has 2 aromatic rings. The molecular weight excluding hydrogens is 322 g/mol. The third kappa shape index (κ3) is 2.89. The fourth-order valence-corrected chi connectivity index (χ4v) is 5.24. The van der Waals surface area contributed by atoms with Crippen LogP contribution in [0.4, 0.5) is 0 Å². The Morgan fingerprint density at radius 1 is 1.38 bits per heavy atom. The van der Waals surface area contributed by atoms with E-state index in [0.717, 1.165) is 22.7 Å². The van der Waals surface area contributed by atoms with Crippen LogP contribution in [0.2, 0.25) is 0 Å². The third-order valence-corrected chi connectivity index (χ3v) is 6.40. The Morgan fingerprint density at radius 2 is 2.12 bits per heavy atom. The summed E-state index contributed by atoms with van der Waals surface area (Å²) in [6, 6.07) is 4.24. The van der Waals surface area contributed by atoms with Crippen molar-refractivity contribution in [3.8, 4) is 10.8 Å². The number of nitrogens with one attached hydrogen (secondary N) is 1. The van der Waals surface area contributed by atoms with Gasteiger partial charge in [0.1, 0.15) is 5.69 Å². The van der Waals surface area contributed by atoms with Crippen molar-refractivity contribution in [1.82, 2.24) is 10.3 Å². The Kier molecular flexibility index (Phi) is 4.18. The molecule has 2 aliphatic rings. The highest BCUT2D eigenvalue weighted by Gasteiger charge is 2.40. The second-order valence-electron chi connectivity index (χ2n) is 7.08. The molecule has 128 valence electrons. The van der Waals surface area contributed by atoms with Crippen molar-refractivity contribution in [3.05, 3.63) is 29.0 Å². The number of thiazole rings is 1. The Bertz CT molecular complexity index is 711. The lowest BCUT2D eigenvalue weighted by Gasteiger charge is -2.45. The van der Waals surface area contributed by atoms with Gasteiger partial charge in [-0.1, -0.05) is 6.42 Å². The van der Waals surface area contributed by atoms with E-state index in [9.17, 15) is 4.79 Å².